The van der Waals surface area contributed by atoms with E-state index >= 15 is 0 Å². The van der Waals surface area contributed by atoms with Crippen molar-refractivity contribution in [3.05, 3.63) is 34.6 Å². The zero-order valence-electron chi connectivity index (χ0n) is 6.93. The molecule has 1 heterocycles. The third kappa shape index (κ3) is 1.45. The molecule has 6 heteroatoms. The average Bonchev–Trinajstić information content (AvgIpc) is 2.44. The summed E-state index contributed by atoms with van der Waals surface area (Å²) < 4.78 is 2.04. The van der Waals surface area contributed by atoms with Crippen molar-refractivity contribution in [2.45, 2.75) is 0 Å². The summed E-state index contributed by atoms with van der Waals surface area (Å²) in [4.78, 5) is 21.9. The van der Waals surface area contributed by atoms with E-state index in [0.717, 1.165) is 7.93 Å². The van der Waals surface area contributed by atoms with Gasteiger partial charge in [-0.15, -0.1) is 0 Å². The quantitative estimate of drug-likeness (QED) is 0.721. The number of nitrogens with zero attached hydrogens (tertiary/aromatic N) is 1. The number of carbonyl (C=O) groups is 1. The van der Waals surface area contributed by atoms with Gasteiger partial charge in [-0.2, -0.15) is 0 Å². The Morgan fingerprint density at radius 1 is 1.43 bits per heavy atom. The second kappa shape index (κ2) is 3.32. The number of fused-ring (bicyclic) bond motifs is 1. The van der Waals surface area contributed by atoms with Gasteiger partial charge in [-0.25, -0.2) is 0 Å². The van der Waals surface area contributed by atoms with Gasteiger partial charge in [0.2, 0.25) is 0 Å². The molecule has 0 radical (unpaired) electrons. The summed E-state index contributed by atoms with van der Waals surface area (Å²) >= 11 is -0.286. The van der Waals surface area contributed by atoms with E-state index in [2.05, 4.69) is 5.43 Å². The molecule has 0 spiro atoms. The summed E-state index contributed by atoms with van der Waals surface area (Å²) in [5, 5.41) is 9.06. The average molecular weight is 257 g/mol. The maximum absolute atomic E-state index is 11.5. The molecule has 0 fully saturated rings. The van der Waals surface area contributed by atoms with Crippen molar-refractivity contribution in [1.29, 1.82) is 0 Å². The number of carboxylic acid groups (broad SMARTS) is 1. The summed E-state index contributed by atoms with van der Waals surface area (Å²) in [6, 6.07) is 7.12. The van der Waals surface area contributed by atoms with E-state index in [9.17, 15) is 9.59 Å². The molecule has 0 unspecified atom stereocenters. The molecule has 2 N–H and O–H groups in total. The van der Waals surface area contributed by atoms with Crippen molar-refractivity contribution in [1.82, 2.24) is 3.67 Å². The molecule has 1 aromatic carbocycles. The van der Waals surface area contributed by atoms with Crippen molar-refractivity contribution in [2.75, 3.05) is 5.43 Å². The molecule has 1 aromatic heterocycles. The van der Waals surface area contributed by atoms with E-state index in [4.69, 9.17) is 5.11 Å². The minimum absolute atomic E-state index is 0.275. The van der Waals surface area contributed by atoms with E-state index in [-0.39, 0.29) is 20.3 Å². The molecule has 0 aliphatic rings. The number of hydrogen-bond acceptors (Lipinski definition) is 2. The zero-order valence-corrected chi connectivity index (χ0v) is 8.64. The van der Waals surface area contributed by atoms with Crippen LogP contribution in [-0.2, 0) is 0 Å². The fraction of sp³-hybridized carbons (Fsp3) is 0. The van der Waals surface area contributed by atoms with Gasteiger partial charge in [0, 0.05) is 0 Å². The molecule has 0 bridgehead atoms. The Morgan fingerprint density at radius 3 is 2.79 bits per heavy atom. The molecule has 0 saturated carbocycles. The van der Waals surface area contributed by atoms with Crippen LogP contribution in [0.3, 0.4) is 0 Å². The van der Waals surface area contributed by atoms with Crippen LogP contribution >= 0.6 is 0 Å². The Kier molecular flexibility index (Phi) is 2.15. The first-order valence-electron chi connectivity index (χ1n) is 3.79. The van der Waals surface area contributed by atoms with E-state index in [1.165, 1.54) is 0 Å². The molecule has 2 aromatic rings. The first kappa shape index (κ1) is 9.05. The Morgan fingerprint density at radius 2 is 2.14 bits per heavy atom. The van der Waals surface area contributed by atoms with E-state index in [0.29, 0.717) is 5.39 Å². The van der Waals surface area contributed by atoms with Gasteiger partial charge in [0.05, 0.1) is 0 Å². The second-order valence-electron chi connectivity index (χ2n) is 2.60. The van der Waals surface area contributed by atoms with Crippen LogP contribution in [0.15, 0.2) is 29.1 Å². The minimum atomic E-state index is -1.21. The first-order chi connectivity index (χ1) is 6.68. The zero-order chi connectivity index (χ0) is 10.1. The molecular weight excluding hydrogens is 251 g/mol. The molecular formula is C8H6N2O3Se. The predicted octanol–water partition coefficient (Wildman–Crippen LogP) is 0.280. The third-order valence-corrected chi connectivity index (χ3v) is 3.77. The van der Waals surface area contributed by atoms with Gasteiger partial charge >= 0.3 is 84.1 Å². The number of benzene rings is 1. The number of hydrogen-bond donors (Lipinski definition) is 2. The van der Waals surface area contributed by atoms with Crippen molar-refractivity contribution < 1.29 is 9.90 Å². The summed E-state index contributed by atoms with van der Waals surface area (Å²) in [6.45, 7) is 0. The van der Waals surface area contributed by atoms with Gasteiger partial charge in [0.1, 0.15) is 0 Å². The predicted molar refractivity (Wildman–Crippen MR) is 52.5 cm³/mol. The summed E-state index contributed by atoms with van der Waals surface area (Å²) in [5.74, 6) is 0. The van der Waals surface area contributed by atoms with Crippen LogP contribution in [0.4, 0.5) is 4.79 Å². The van der Waals surface area contributed by atoms with Crippen LogP contribution < -0.4 is 11.0 Å². The normalized spacial score (nSPS) is 10.3. The Hall–Kier alpha value is -1.52. The Bertz CT molecular complexity index is 543. The van der Waals surface area contributed by atoms with Crippen LogP contribution in [0.25, 0.3) is 9.65 Å². The standard InChI is InChI=1S/C8H6N2O3Se/c11-7-5-3-1-2-4-6(5)14-10(7)9-8(12)13/h1-4,9H,(H,12,13). The molecule has 0 aliphatic carbocycles. The van der Waals surface area contributed by atoms with Crippen molar-refractivity contribution in [3.8, 4) is 0 Å². The van der Waals surface area contributed by atoms with Gasteiger partial charge in [0.25, 0.3) is 0 Å². The number of amides is 1. The summed E-state index contributed by atoms with van der Waals surface area (Å²) in [7, 11) is 0. The SMILES string of the molecule is O=C(O)Nn1[se]c2ccccc2c1=O. The molecule has 1 amide bonds. The number of aromatic nitrogens is 1. The van der Waals surface area contributed by atoms with Crippen LogP contribution in [0, 0.1) is 0 Å². The summed E-state index contributed by atoms with van der Waals surface area (Å²) in [5.41, 5.74) is 1.79. The molecule has 2 rings (SSSR count). The van der Waals surface area contributed by atoms with E-state index in [1.807, 2.05) is 12.1 Å². The van der Waals surface area contributed by atoms with Crippen LogP contribution in [0.2, 0.25) is 0 Å². The summed E-state index contributed by atoms with van der Waals surface area (Å²) in [6.07, 6.45) is -1.21. The van der Waals surface area contributed by atoms with Gasteiger partial charge in [-0.1, -0.05) is 0 Å². The molecule has 0 saturated heterocycles. The molecule has 14 heavy (non-hydrogen) atoms. The Labute approximate surface area is 84.5 Å². The van der Waals surface area contributed by atoms with Gasteiger partial charge in [0.15, 0.2) is 0 Å². The van der Waals surface area contributed by atoms with Crippen molar-refractivity contribution >= 4 is 30.5 Å². The van der Waals surface area contributed by atoms with Gasteiger partial charge in [-0.05, 0) is 0 Å². The van der Waals surface area contributed by atoms with Crippen LogP contribution in [0.1, 0.15) is 0 Å². The third-order valence-electron chi connectivity index (χ3n) is 1.69. The van der Waals surface area contributed by atoms with E-state index < -0.39 is 6.09 Å². The van der Waals surface area contributed by atoms with Crippen LogP contribution in [0.5, 0.6) is 0 Å². The molecule has 72 valence electrons. The van der Waals surface area contributed by atoms with Gasteiger partial charge in [-0.3, -0.25) is 0 Å². The fourth-order valence-corrected chi connectivity index (χ4v) is 3.01. The monoisotopic (exact) mass is 258 g/mol. The van der Waals surface area contributed by atoms with Crippen molar-refractivity contribution in [2.24, 2.45) is 0 Å². The second-order valence-corrected chi connectivity index (χ2v) is 4.68. The van der Waals surface area contributed by atoms with E-state index in [1.54, 1.807) is 12.1 Å². The molecule has 0 aliphatic heterocycles. The topological polar surface area (TPSA) is 71.3 Å². The first-order valence-corrected chi connectivity index (χ1v) is 5.42. The van der Waals surface area contributed by atoms with Crippen molar-refractivity contribution in [3.63, 3.8) is 0 Å². The number of nitrogens with one attached hydrogen (secondary N) is 1. The maximum atomic E-state index is 11.5. The molecule has 0 atom stereocenters. The van der Waals surface area contributed by atoms with Crippen LogP contribution in [-0.4, -0.2) is 29.6 Å². The van der Waals surface area contributed by atoms with Gasteiger partial charge < -0.3 is 0 Å². The fourth-order valence-electron chi connectivity index (χ4n) is 1.13. The number of rotatable bonds is 1. The Balaban J connectivity index is 2.63. The molecule has 5 nitrogen and oxygen atoms in total.